The lowest BCUT2D eigenvalue weighted by atomic mass is 10.1. The van der Waals surface area contributed by atoms with Crippen LogP contribution in [0.5, 0.6) is 0 Å². The zero-order valence-electron chi connectivity index (χ0n) is 11.3. The number of pyridine rings is 1. The third-order valence-corrected chi connectivity index (χ3v) is 3.32. The number of nitrogens with zero attached hydrogens (tertiary/aromatic N) is 4. The van der Waals surface area contributed by atoms with Crippen molar-refractivity contribution in [3.63, 3.8) is 0 Å². The van der Waals surface area contributed by atoms with Gasteiger partial charge in [-0.25, -0.2) is 0 Å². The van der Waals surface area contributed by atoms with Gasteiger partial charge < -0.3 is 4.90 Å². The minimum atomic E-state index is -0.108. The second-order valence-electron chi connectivity index (χ2n) is 4.56. The van der Waals surface area contributed by atoms with Gasteiger partial charge >= 0.3 is 0 Å². The number of carbonyl (C=O) groups excluding carboxylic acids is 1. The number of rotatable bonds is 2. The van der Waals surface area contributed by atoms with Gasteiger partial charge in [0.1, 0.15) is 5.69 Å². The van der Waals surface area contributed by atoms with E-state index in [9.17, 15) is 4.79 Å². The standard InChI is InChI=1S/C15H14N4O/c1-18(15(20)13-8-10-17-19(13)2)12-7-3-5-11-6-4-9-16-14(11)12/h3-10H,1-2H3. The highest BCUT2D eigenvalue weighted by molar-refractivity contribution is 6.08. The number of aromatic nitrogens is 3. The third-order valence-electron chi connectivity index (χ3n) is 3.32. The summed E-state index contributed by atoms with van der Waals surface area (Å²) in [7, 11) is 3.50. The fourth-order valence-corrected chi connectivity index (χ4v) is 2.22. The van der Waals surface area contributed by atoms with Crippen molar-refractivity contribution < 1.29 is 4.79 Å². The van der Waals surface area contributed by atoms with E-state index in [1.807, 2.05) is 30.3 Å². The molecular weight excluding hydrogens is 252 g/mol. The van der Waals surface area contributed by atoms with E-state index >= 15 is 0 Å². The lowest BCUT2D eigenvalue weighted by Crippen LogP contribution is -2.28. The van der Waals surface area contributed by atoms with Gasteiger partial charge in [0.2, 0.25) is 0 Å². The fraction of sp³-hybridized carbons (Fsp3) is 0.133. The molecule has 0 unspecified atom stereocenters. The molecule has 0 saturated heterocycles. The molecule has 0 saturated carbocycles. The minimum absolute atomic E-state index is 0.108. The van der Waals surface area contributed by atoms with Gasteiger partial charge in [0.05, 0.1) is 11.2 Å². The van der Waals surface area contributed by atoms with Crippen molar-refractivity contribution >= 4 is 22.5 Å². The molecule has 2 heterocycles. The molecule has 5 nitrogen and oxygen atoms in total. The molecular formula is C15H14N4O. The summed E-state index contributed by atoms with van der Waals surface area (Å²) in [5.74, 6) is -0.108. The number of anilines is 1. The van der Waals surface area contributed by atoms with E-state index in [1.165, 1.54) is 0 Å². The van der Waals surface area contributed by atoms with Crippen LogP contribution < -0.4 is 4.90 Å². The Bertz CT molecular complexity index is 773. The first-order valence-corrected chi connectivity index (χ1v) is 6.28. The van der Waals surface area contributed by atoms with Gasteiger partial charge in [0.15, 0.2) is 0 Å². The van der Waals surface area contributed by atoms with Crippen LogP contribution in [-0.4, -0.2) is 27.7 Å². The minimum Gasteiger partial charge on any atom is -0.308 e. The second-order valence-corrected chi connectivity index (χ2v) is 4.56. The Hall–Kier alpha value is -2.69. The fourth-order valence-electron chi connectivity index (χ4n) is 2.22. The predicted molar refractivity (Wildman–Crippen MR) is 77.7 cm³/mol. The van der Waals surface area contributed by atoms with Crippen molar-refractivity contribution in [3.05, 3.63) is 54.5 Å². The number of hydrogen-bond donors (Lipinski definition) is 0. The zero-order valence-corrected chi connectivity index (χ0v) is 11.3. The van der Waals surface area contributed by atoms with E-state index in [0.717, 1.165) is 16.6 Å². The number of benzene rings is 1. The highest BCUT2D eigenvalue weighted by Gasteiger charge is 2.18. The maximum absolute atomic E-state index is 12.5. The number of amides is 1. The van der Waals surface area contributed by atoms with E-state index in [-0.39, 0.29) is 5.91 Å². The van der Waals surface area contributed by atoms with Crippen molar-refractivity contribution in [2.24, 2.45) is 7.05 Å². The molecule has 0 aliphatic carbocycles. The Labute approximate surface area is 116 Å². The molecule has 0 fully saturated rings. The average molecular weight is 266 g/mol. The zero-order chi connectivity index (χ0) is 14.1. The van der Waals surface area contributed by atoms with Crippen LogP contribution in [0.15, 0.2) is 48.8 Å². The summed E-state index contributed by atoms with van der Waals surface area (Å²) in [4.78, 5) is 18.5. The molecule has 0 aliphatic rings. The SMILES string of the molecule is CN(C(=O)c1ccnn1C)c1cccc2cccnc12. The number of hydrogen-bond acceptors (Lipinski definition) is 3. The third kappa shape index (κ3) is 1.93. The summed E-state index contributed by atoms with van der Waals surface area (Å²) in [6, 6.07) is 11.4. The maximum Gasteiger partial charge on any atom is 0.276 e. The summed E-state index contributed by atoms with van der Waals surface area (Å²) < 4.78 is 1.57. The monoisotopic (exact) mass is 266 g/mol. The van der Waals surface area contributed by atoms with Crippen LogP contribution in [0.4, 0.5) is 5.69 Å². The molecule has 0 bridgehead atoms. The van der Waals surface area contributed by atoms with Gasteiger partial charge in [0.25, 0.3) is 5.91 Å². The van der Waals surface area contributed by atoms with E-state index < -0.39 is 0 Å². The van der Waals surface area contributed by atoms with Gasteiger partial charge in [-0.05, 0) is 18.2 Å². The van der Waals surface area contributed by atoms with Crippen molar-refractivity contribution in [1.82, 2.24) is 14.8 Å². The molecule has 0 N–H and O–H groups in total. The van der Waals surface area contributed by atoms with Gasteiger partial charge in [0, 0.05) is 31.9 Å². The topological polar surface area (TPSA) is 51.0 Å². The molecule has 0 aliphatic heterocycles. The molecule has 1 amide bonds. The number of aryl methyl sites for hydroxylation is 1. The van der Waals surface area contributed by atoms with Crippen LogP contribution in [0.2, 0.25) is 0 Å². The smallest absolute Gasteiger partial charge is 0.276 e. The second kappa shape index (κ2) is 4.77. The summed E-state index contributed by atoms with van der Waals surface area (Å²) in [6.45, 7) is 0. The van der Waals surface area contributed by atoms with Crippen LogP contribution in [0.1, 0.15) is 10.5 Å². The Balaban J connectivity index is 2.07. The van der Waals surface area contributed by atoms with E-state index in [2.05, 4.69) is 10.1 Å². The van der Waals surface area contributed by atoms with Crippen molar-refractivity contribution in [2.75, 3.05) is 11.9 Å². The number of carbonyl (C=O) groups is 1. The molecule has 20 heavy (non-hydrogen) atoms. The largest absolute Gasteiger partial charge is 0.308 e. The first-order chi connectivity index (χ1) is 9.68. The van der Waals surface area contributed by atoms with Crippen molar-refractivity contribution in [1.29, 1.82) is 0 Å². The first-order valence-electron chi connectivity index (χ1n) is 6.28. The molecule has 0 atom stereocenters. The summed E-state index contributed by atoms with van der Waals surface area (Å²) in [5, 5.41) is 5.04. The lowest BCUT2D eigenvalue weighted by Gasteiger charge is -2.18. The highest BCUT2D eigenvalue weighted by Crippen LogP contribution is 2.24. The quantitative estimate of drug-likeness (QED) is 0.714. The molecule has 2 aromatic heterocycles. The van der Waals surface area contributed by atoms with Crippen molar-refractivity contribution in [2.45, 2.75) is 0 Å². The Kier molecular flexibility index (Phi) is 2.95. The lowest BCUT2D eigenvalue weighted by molar-refractivity contribution is 0.0984. The van der Waals surface area contributed by atoms with Gasteiger partial charge in [-0.2, -0.15) is 5.10 Å². The van der Waals surface area contributed by atoms with Crippen molar-refractivity contribution in [3.8, 4) is 0 Å². The summed E-state index contributed by atoms with van der Waals surface area (Å²) >= 11 is 0. The van der Waals surface area contributed by atoms with Gasteiger partial charge in [-0.3, -0.25) is 14.5 Å². The Morgan fingerprint density at radius 3 is 2.70 bits per heavy atom. The first kappa shape index (κ1) is 12.3. The molecule has 3 aromatic rings. The summed E-state index contributed by atoms with van der Waals surface area (Å²) in [5.41, 5.74) is 2.14. The average Bonchev–Trinajstić information content (AvgIpc) is 2.91. The molecule has 5 heteroatoms. The number of para-hydroxylation sites is 1. The molecule has 100 valence electrons. The van der Waals surface area contributed by atoms with Crippen LogP contribution in [0.3, 0.4) is 0 Å². The maximum atomic E-state index is 12.5. The Morgan fingerprint density at radius 2 is 1.95 bits per heavy atom. The van der Waals surface area contributed by atoms with Crippen LogP contribution in [0, 0.1) is 0 Å². The molecule has 3 rings (SSSR count). The molecule has 0 radical (unpaired) electrons. The Morgan fingerprint density at radius 1 is 1.15 bits per heavy atom. The molecule has 1 aromatic carbocycles. The van der Waals surface area contributed by atoms with E-state index in [0.29, 0.717) is 5.69 Å². The van der Waals surface area contributed by atoms with Gasteiger partial charge in [-0.15, -0.1) is 0 Å². The van der Waals surface area contributed by atoms with Crippen LogP contribution in [-0.2, 0) is 7.05 Å². The predicted octanol–water partition coefficient (Wildman–Crippen LogP) is 2.24. The molecule has 0 spiro atoms. The van der Waals surface area contributed by atoms with Crippen LogP contribution in [0.25, 0.3) is 10.9 Å². The highest BCUT2D eigenvalue weighted by atomic mass is 16.2. The summed E-state index contributed by atoms with van der Waals surface area (Å²) in [6.07, 6.45) is 3.34. The van der Waals surface area contributed by atoms with Gasteiger partial charge in [-0.1, -0.05) is 18.2 Å². The van der Waals surface area contributed by atoms with E-state index in [4.69, 9.17) is 0 Å². The number of fused-ring (bicyclic) bond motifs is 1. The normalized spacial score (nSPS) is 10.7. The van der Waals surface area contributed by atoms with E-state index in [1.54, 1.807) is 42.1 Å². The van der Waals surface area contributed by atoms with Crippen LogP contribution >= 0.6 is 0 Å².